The Morgan fingerprint density at radius 2 is 1.95 bits per heavy atom. The van der Waals surface area contributed by atoms with Crippen LogP contribution in [-0.2, 0) is 0 Å². The van der Waals surface area contributed by atoms with E-state index in [9.17, 15) is 4.39 Å². The van der Waals surface area contributed by atoms with Crippen molar-refractivity contribution in [2.24, 2.45) is 0 Å². The van der Waals surface area contributed by atoms with Gasteiger partial charge in [-0.05, 0) is 31.2 Å². The number of hydrogen-bond donors (Lipinski definition) is 1. The quantitative estimate of drug-likeness (QED) is 0.713. The summed E-state index contributed by atoms with van der Waals surface area (Å²) in [6, 6.07) is 8.55. The highest BCUT2D eigenvalue weighted by molar-refractivity contribution is 5.85. The normalized spacial score (nSPS) is 10.1. The lowest BCUT2D eigenvalue weighted by molar-refractivity contribution is 0.640. The van der Waals surface area contributed by atoms with Crippen molar-refractivity contribution < 1.29 is 4.39 Å². The van der Waals surface area contributed by atoms with Gasteiger partial charge in [-0.1, -0.05) is 19.9 Å². The minimum Gasteiger partial charge on any atom is -0.353 e. The third-order valence-electron chi connectivity index (χ3n) is 2.66. The largest absolute Gasteiger partial charge is 0.353 e. The van der Waals surface area contributed by atoms with Gasteiger partial charge >= 0.3 is 0 Å². The molecule has 0 radical (unpaired) electrons. The molecule has 0 fully saturated rings. The maximum Gasteiger partial charge on any atom is 0.132 e. The van der Waals surface area contributed by atoms with Crippen molar-refractivity contribution >= 4 is 10.9 Å². The van der Waals surface area contributed by atoms with E-state index in [-0.39, 0.29) is 5.82 Å². The molecular formula is C15H16FN3. The number of fused-ring (bicyclic) bond motifs is 1. The van der Waals surface area contributed by atoms with Gasteiger partial charge in [0.05, 0.1) is 11.4 Å². The predicted molar refractivity (Wildman–Crippen MR) is 75.4 cm³/mol. The summed E-state index contributed by atoms with van der Waals surface area (Å²) in [5.41, 5.74) is 2.35. The van der Waals surface area contributed by atoms with Gasteiger partial charge in [-0.3, -0.25) is 0 Å². The number of H-pyrrole nitrogens is 1. The summed E-state index contributed by atoms with van der Waals surface area (Å²) < 4.78 is 13.5. The van der Waals surface area contributed by atoms with E-state index in [4.69, 9.17) is 0 Å². The molecule has 2 aromatic heterocycles. The molecular weight excluding hydrogens is 241 g/mol. The second kappa shape index (κ2) is 5.61. The first-order valence-electron chi connectivity index (χ1n) is 6.31. The van der Waals surface area contributed by atoms with E-state index in [2.05, 4.69) is 15.0 Å². The number of nitrogens with one attached hydrogen (secondary N) is 1. The Balaban J connectivity index is 0.000000637. The molecule has 19 heavy (non-hydrogen) atoms. The van der Waals surface area contributed by atoms with Gasteiger partial charge in [-0.15, -0.1) is 0 Å². The summed E-state index contributed by atoms with van der Waals surface area (Å²) in [4.78, 5) is 11.5. The van der Waals surface area contributed by atoms with E-state index in [0.29, 0.717) is 11.2 Å². The van der Waals surface area contributed by atoms with Crippen LogP contribution in [0.2, 0.25) is 0 Å². The smallest absolute Gasteiger partial charge is 0.132 e. The fourth-order valence-corrected chi connectivity index (χ4v) is 1.86. The zero-order valence-electron chi connectivity index (χ0n) is 11.2. The van der Waals surface area contributed by atoms with Gasteiger partial charge in [0.15, 0.2) is 0 Å². The highest BCUT2D eigenvalue weighted by Crippen LogP contribution is 2.24. The average Bonchev–Trinajstić information content (AvgIpc) is 2.87. The molecule has 0 aliphatic carbocycles. The van der Waals surface area contributed by atoms with Gasteiger partial charge in [-0.2, -0.15) is 0 Å². The van der Waals surface area contributed by atoms with Crippen LogP contribution in [0.3, 0.4) is 0 Å². The first kappa shape index (κ1) is 13.2. The summed E-state index contributed by atoms with van der Waals surface area (Å²) in [5.74, 6) is 0.470. The highest BCUT2D eigenvalue weighted by atomic mass is 19.1. The molecule has 0 saturated heterocycles. The van der Waals surface area contributed by atoms with Crippen LogP contribution in [0, 0.1) is 12.7 Å². The average molecular weight is 257 g/mol. The lowest BCUT2D eigenvalue weighted by Gasteiger charge is -1.96. The minimum atomic E-state index is -0.226. The minimum absolute atomic E-state index is 0.226. The molecule has 2 heterocycles. The molecule has 0 amide bonds. The SMILES string of the molecule is CC.Cc1nccc(-c2cc3c(F)cccc3[nH]2)n1. The standard InChI is InChI=1S/C13H10FN3.C2H6/c1-8-15-6-5-12(16-8)13-7-9-10(14)3-2-4-11(9)17-13;1-2/h2-7,17H,1H3;1-2H3. The molecule has 3 nitrogen and oxygen atoms in total. The zero-order chi connectivity index (χ0) is 13.8. The van der Waals surface area contributed by atoms with Crippen molar-refractivity contribution in [3.05, 3.63) is 48.2 Å². The van der Waals surface area contributed by atoms with Gasteiger partial charge in [0.25, 0.3) is 0 Å². The maximum atomic E-state index is 13.5. The van der Waals surface area contributed by atoms with Crippen molar-refractivity contribution in [2.45, 2.75) is 20.8 Å². The molecule has 0 saturated carbocycles. The summed E-state index contributed by atoms with van der Waals surface area (Å²) in [6.07, 6.45) is 1.69. The molecule has 0 aliphatic rings. The Bertz CT molecular complexity index is 689. The van der Waals surface area contributed by atoms with Crippen molar-refractivity contribution in [2.75, 3.05) is 0 Å². The van der Waals surface area contributed by atoms with E-state index >= 15 is 0 Å². The van der Waals surface area contributed by atoms with Crippen LogP contribution >= 0.6 is 0 Å². The van der Waals surface area contributed by atoms with E-state index in [0.717, 1.165) is 16.9 Å². The Hall–Kier alpha value is -2.23. The van der Waals surface area contributed by atoms with Gasteiger partial charge in [0.1, 0.15) is 11.6 Å². The Labute approximate surface area is 111 Å². The second-order valence-corrected chi connectivity index (χ2v) is 3.87. The van der Waals surface area contributed by atoms with Gasteiger partial charge in [0, 0.05) is 17.1 Å². The fourth-order valence-electron chi connectivity index (χ4n) is 1.86. The van der Waals surface area contributed by atoms with Crippen LogP contribution in [0.4, 0.5) is 4.39 Å². The topological polar surface area (TPSA) is 41.6 Å². The second-order valence-electron chi connectivity index (χ2n) is 3.87. The Kier molecular flexibility index (Phi) is 3.90. The Morgan fingerprint density at radius 3 is 2.63 bits per heavy atom. The molecule has 98 valence electrons. The van der Waals surface area contributed by atoms with Crippen molar-refractivity contribution in [3.63, 3.8) is 0 Å². The molecule has 0 unspecified atom stereocenters. The first-order chi connectivity index (χ1) is 9.24. The maximum absolute atomic E-state index is 13.5. The predicted octanol–water partition coefficient (Wildman–Crippen LogP) is 4.10. The van der Waals surface area contributed by atoms with E-state index in [1.54, 1.807) is 24.4 Å². The van der Waals surface area contributed by atoms with Crippen LogP contribution in [0.1, 0.15) is 19.7 Å². The number of halogens is 1. The van der Waals surface area contributed by atoms with Gasteiger partial charge < -0.3 is 4.98 Å². The summed E-state index contributed by atoms with van der Waals surface area (Å²) >= 11 is 0. The molecule has 0 spiro atoms. The molecule has 3 rings (SSSR count). The summed E-state index contributed by atoms with van der Waals surface area (Å²) in [7, 11) is 0. The van der Waals surface area contributed by atoms with Crippen molar-refractivity contribution in [1.29, 1.82) is 0 Å². The Morgan fingerprint density at radius 1 is 1.16 bits per heavy atom. The van der Waals surface area contributed by atoms with Crippen molar-refractivity contribution in [1.82, 2.24) is 15.0 Å². The van der Waals surface area contributed by atoms with Crippen LogP contribution in [0.25, 0.3) is 22.3 Å². The number of aryl methyl sites for hydroxylation is 1. The number of nitrogens with zero attached hydrogens (tertiary/aromatic N) is 2. The van der Waals surface area contributed by atoms with E-state index in [1.807, 2.05) is 26.8 Å². The van der Waals surface area contributed by atoms with Crippen molar-refractivity contribution in [3.8, 4) is 11.4 Å². The first-order valence-corrected chi connectivity index (χ1v) is 6.31. The van der Waals surface area contributed by atoms with E-state index in [1.165, 1.54) is 6.07 Å². The highest BCUT2D eigenvalue weighted by Gasteiger charge is 2.07. The van der Waals surface area contributed by atoms with Crippen LogP contribution in [-0.4, -0.2) is 15.0 Å². The number of rotatable bonds is 1. The molecule has 0 aliphatic heterocycles. The third kappa shape index (κ3) is 2.62. The fraction of sp³-hybridized carbons (Fsp3) is 0.200. The number of benzene rings is 1. The van der Waals surface area contributed by atoms with Crippen LogP contribution in [0.5, 0.6) is 0 Å². The summed E-state index contributed by atoms with van der Waals surface area (Å²) in [6.45, 7) is 5.83. The number of hydrogen-bond acceptors (Lipinski definition) is 2. The third-order valence-corrected chi connectivity index (χ3v) is 2.66. The number of aromatic nitrogens is 3. The molecule has 0 bridgehead atoms. The summed E-state index contributed by atoms with van der Waals surface area (Å²) in [5, 5.41) is 0.582. The van der Waals surface area contributed by atoms with Gasteiger partial charge in [0.2, 0.25) is 0 Å². The molecule has 3 aromatic rings. The van der Waals surface area contributed by atoms with Crippen LogP contribution < -0.4 is 0 Å². The monoisotopic (exact) mass is 257 g/mol. The molecule has 1 N–H and O–H groups in total. The number of aromatic amines is 1. The molecule has 4 heteroatoms. The lowest BCUT2D eigenvalue weighted by atomic mass is 10.2. The van der Waals surface area contributed by atoms with E-state index < -0.39 is 0 Å². The molecule has 0 atom stereocenters. The van der Waals surface area contributed by atoms with Gasteiger partial charge in [-0.25, -0.2) is 14.4 Å². The lowest BCUT2D eigenvalue weighted by Crippen LogP contribution is -1.89. The van der Waals surface area contributed by atoms with Crippen LogP contribution in [0.15, 0.2) is 36.5 Å². The zero-order valence-corrected chi connectivity index (χ0v) is 11.2. The molecule has 1 aromatic carbocycles.